The molecule has 1 heterocycles. The number of hydrogen-bond donors (Lipinski definition) is 1. The van der Waals surface area contributed by atoms with E-state index < -0.39 is 11.7 Å². The van der Waals surface area contributed by atoms with Crippen LogP contribution in [-0.4, -0.2) is 21.9 Å². The molecule has 1 aromatic heterocycles. The average molecular weight is 325 g/mol. The number of nitrogens with zero attached hydrogens (tertiary/aromatic N) is 2. The fraction of sp³-hybridized carbons (Fsp3) is 0.0588. The second kappa shape index (κ2) is 6.41. The first-order chi connectivity index (χ1) is 11.5. The van der Waals surface area contributed by atoms with Crippen LogP contribution in [-0.2, 0) is 0 Å². The van der Waals surface area contributed by atoms with Crippen molar-refractivity contribution in [1.29, 1.82) is 0 Å². The van der Waals surface area contributed by atoms with Crippen molar-refractivity contribution in [2.45, 2.75) is 6.92 Å². The summed E-state index contributed by atoms with van der Waals surface area (Å²) in [5, 5.41) is 10.0. The molecule has 7 heteroatoms. The zero-order chi connectivity index (χ0) is 17.1. The van der Waals surface area contributed by atoms with Gasteiger partial charge in [0.05, 0.1) is 5.56 Å². The number of carbonyl (C=O) groups is 2. The number of aromatic nitrogens is 2. The van der Waals surface area contributed by atoms with Crippen molar-refractivity contribution >= 4 is 17.4 Å². The average Bonchev–Trinajstić information content (AvgIpc) is 3.06. The highest BCUT2D eigenvalue weighted by Gasteiger charge is 2.14. The molecule has 3 aromatic rings. The summed E-state index contributed by atoms with van der Waals surface area (Å²) in [4.78, 5) is 23.3. The molecule has 0 aliphatic carbocycles. The summed E-state index contributed by atoms with van der Waals surface area (Å²) in [6, 6.07) is 12.3. The van der Waals surface area contributed by atoms with E-state index in [2.05, 4.69) is 15.5 Å². The summed E-state index contributed by atoms with van der Waals surface area (Å²) < 4.78 is 18.9. The van der Waals surface area contributed by atoms with Crippen molar-refractivity contribution in [2.24, 2.45) is 0 Å². The highest BCUT2D eigenvalue weighted by Crippen LogP contribution is 2.22. The van der Waals surface area contributed by atoms with Gasteiger partial charge in [-0.15, -0.1) is 10.2 Å². The number of amides is 1. The first-order valence-electron chi connectivity index (χ1n) is 7.05. The van der Waals surface area contributed by atoms with E-state index in [4.69, 9.17) is 4.42 Å². The van der Waals surface area contributed by atoms with E-state index in [0.29, 0.717) is 11.3 Å². The molecule has 0 bridgehead atoms. The minimum atomic E-state index is -0.603. The number of ketones is 1. The van der Waals surface area contributed by atoms with E-state index in [9.17, 15) is 14.0 Å². The number of hydrogen-bond acceptors (Lipinski definition) is 5. The zero-order valence-corrected chi connectivity index (χ0v) is 12.6. The summed E-state index contributed by atoms with van der Waals surface area (Å²) in [6.07, 6.45) is 0. The van der Waals surface area contributed by atoms with Crippen molar-refractivity contribution < 1.29 is 18.4 Å². The van der Waals surface area contributed by atoms with Gasteiger partial charge in [-0.05, 0) is 30.3 Å². The molecule has 2 aromatic carbocycles. The van der Waals surface area contributed by atoms with Gasteiger partial charge < -0.3 is 9.73 Å². The van der Waals surface area contributed by atoms with E-state index >= 15 is 0 Å². The van der Waals surface area contributed by atoms with Crippen molar-refractivity contribution in [2.75, 3.05) is 5.32 Å². The van der Waals surface area contributed by atoms with Gasteiger partial charge in [-0.2, -0.15) is 0 Å². The molecule has 24 heavy (non-hydrogen) atoms. The van der Waals surface area contributed by atoms with E-state index in [1.165, 1.54) is 25.1 Å². The lowest BCUT2D eigenvalue weighted by Gasteiger charge is -2.06. The summed E-state index contributed by atoms with van der Waals surface area (Å²) in [7, 11) is 0. The second-order valence-corrected chi connectivity index (χ2v) is 4.98. The number of anilines is 1. The molecular weight excluding hydrogens is 313 g/mol. The van der Waals surface area contributed by atoms with Gasteiger partial charge in [0.2, 0.25) is 11.7 Å². The van der Waals surface area contributed by atoms with E-state index in [1.807, 2.05) is 0 Å². The molecule has 3 rings (SSSR count). The quantitative estimate of drug-likeness (QED) is 0.744. The molecule has 1 amide bonds. The molecule has 0 atom stereocenters. The lowest BCUT2D eigenvalue weighted by atomic mass is 10.1. The van der Waals surface area contributed by atoms with Gasteiger partial charge in [0.25, 0.3) is 11.8 Å². The molecular formula is C17H12FN3O3. The summed E-state index contributed by atoms with van der Waals surface area (Å²) in [5.74, 6) is -1.44. The molecule has 0 fully saturated rings. The van der Waals surface area contributed by atoms with Gasteiger partial charge in [0.15, 0.2) is 0 Å². The number of halogens is 1. The second-order valence-electron chi connectivity index (χ2n) is 4.98. The van der Waals surface area contributed by atoms with Crippen LogP contribution in [0.5, 0.6) is 0 Å². The van der Waals surface area contributed by atoms with Crippen molar-refractivity contribution in [1.82, 2.24) is 10.2 Å². The number of benzene rings is 2. The molecule has 120 valence electrons. The highest BCUT2D eigenvalue weighted by molar-refractivity contribution is 6.04. The molecule has 0 saturated carbocycles. The Balaban J connectivity index is 1.84. The lowest BCUT2D eigenvalue weighted by Crippen LogP contribution is -2.13. The van der Waals surface area contributed by atoms with E-state index in [-0.39, 0.29) is 23.1 Å². The van der Waals surface area contributed by atoms with Crippen LogP contribution in [0.25, 0.3) is 11.5 Å². The summed E-state index contributed by atoms with van der Waals surface area (Å²) in [6.45, 7) is 1.32. The SMILES string of the molecule is CC(=O)c1nnc(-c2cccc(NC(=O)c3ccccc3F)c2)o1. The van der Waals surface area contributed by atoms with Crippen LogP contribution in [0.4, 0.5) is 10.1 Å². The third-order valence-electron chi connectivity index (χ3n) is 3.21. The standard InChI is InChI=1S/C17H12FN3O3/c1-10(22)16-20-21-17(24-16)11-5-4-6-12(9-11)19-15(23)13-7-2-3-8-14(13)18/h2-9H,1H3,(H,19,23). The molecule has 0 aliphatic rings. The molecule has 0 unspecified atom stereocenters. The smallest absolute Gasteiger partial charge is 0.283 e. The van der Waals surface area contributed by atoms with Gasteiger partial charge in [0, 0.05) is 18.2 Å². The maximum absolute atomic E-state index is 13.6. The monoisotopic (exact) mass is 325 g/mol. The fourth-order valence-electron chi connectivity index (χ4n) is 2.06. The van der Waals surface area contributed by atoms with Crippen LogP contribution in [0.2, 0.25) is 0 Å². The molecule has 0 spiro atoms. The number of nitrogens with one attached hydrogen (secondary N) is 1. The Labute approximate surface area is 136 Å². The Kier molecular flexibility index (Phi) is 4.15. The molecule has 1 N–H and O–H groups in total. The first-order valence-corrected chi connectivity index (χ1v) is 7.05. The minimum absolute atomic E-state index is 0.0560. The maximum Gasteiger partial charge on any atom is 0.283 e. The highest BCUT2D eigenvalue weighted by atomic mass is 19.1. The van der Waals surface area contributed by atoms with Gasteiger partial charge in [-0.3, -0.25) is 9.59 Å². The number of Topliss-reactive ketones (excluding diaryl/α,β-unsaturated/α-hetero) is 1. The topological polar surface area (TPSA) is 85.1 Å². The van der Waals surface area contributed by atoms with Crippen molar-refractivity contribution in [3.63, 3.8) is 0 Å². The molecule has 0 saturated heterocycles. The zero-order valence-electron chi connectivity index (χ0n) is 12.6. The third kappa shape index (κ3) is 3.19. The van der Waals surface area contributed by atoms with Crippen molar-refractivity contribution in [3.05, 3.63) is 65.8 Å². The Morgan fingerprint density at radius 3 is 2.58 bits per heavy atom. The summed E-state index contributed by atoms with van der Waals surface area (Å²) in [5.41, 5.74) is 0.907. The predicted molar refractivity (Wildman–Crippen MR) is 84.1 cm³/mol. The number of rotatable bonds is 4. The molecule has 0 aliphatic heterocycles. The van der Waals surface area contributed by atoms with Crippen molar-refractivity contribution in [3.8, 4) is 11.5 Å². The Morgan fingerprint density at radius 1 is 1.08 bits per heavy atom. The lowest BCUT2D eigenvalue weighted by molar-refractivity contribution is 0.0980. The van der Waals surface area contributed by atoms with Crippen LogP contribution in [0.3, 0.4) is 0 Å². The Bertz CT molecular complexity index is 921. The summed E-state index contributed by atoms with van der Waals surface area (Å²) >= 11 is 0. The van der Waals surface area contributed by atoms with Gasteiger partial charge in [-0.25, -0.2) is 4.39 Å². The maximum atomic E-state index is 13.6. The van der Waals surface area contributed by atoms with Gasteiger partial charge in [0.1, 0.15) is 5.82 Å². The van der Waals surface area contributed by atoms with Gasteiger partial charge in [-0.1, -0.05) is 18.2 Å². The van der Waals surface area contributed by atoms with Crippen LogP contribution in [0.1, 0.15) is 28.0 Å². The van der Waals surface area contributed by atoms with Crippen LogP contribution in [0.15, 0.2) is 52.9 Å². The van der Waals surface area contributed by atoms with Crippen LogP contribution >= 0.6 is 0 Å². The molecule has 0 radical (unpaired) electrons. The van der Waals surface area contributed by atoms with Crippen LogP contribution in [0, 0.1) is 5.82 Å². The first kappa shape index (κ1) is 15.5. The molecule has 6 nitrogen and oxygen atoms in total. The predicted octanol–water partition coefficient (Wildman–Crippen LogP) is 3.33. The van der Waals surface area contributed by atoms with E-state index in [0.717, 1.165) is 0 Å². The van der Waals surface area contributed by atoms with E-state index in [1.54, 1.807) is 30.3 Å². The minimum Gasteiger partial charge on any atom is -0.414 e. The Morgan fingerprint density at radius 2 is 1.88 bits per heavy atom. The third-order valence-corrected chi connectivity index (χ3v) is 3.21. The Hall–Kier alpha value is -3.35. The number of carbonyl (C=O) groups excluding carboxylic acids is 2. The largest absolute Gasteiger partial charge is 0.414 e. The van der Waals surface area contributed by atoms with Crippen LogP contribution < -0.4 is 5.32 Å². The normalized spacial score (nSPS) is 10.4. The van der Waals surface area contributed by atoms with Gasteiger partial charge >= 0.3 is 0 Å². The fourth-order valence-corrected chi connectivity index (χ4v) is 2.06.